The summed E-state index contributed by atoms with van der Waals surface area (Å²) in [5.41, 5.74) is 1.96. The zero-order valence-corrected chi connectivity index (χ0v) is 17.6. The van der Waals surface area contributed by atoms with Crippen LogP contribution < -0.4 is 9.64 Å². The lowest BCUT2D eigenvalue weighted by Crippen LogP contribution is -2.27. The second kappa shape index (κ2) is 8.46. The predicted octanol–water partition coefficient (Wildman–Crippen LogP) is 5.30. The monoisotopic (exact) mass is 409 g/mol. The van der Waals surface area contributed by atoms with Crippen LogP contribution in [0.1, 0.15) is 43.6 Å². The van der Waals surface area contributed by atoms with E-state index < -0.39 is 11.8 Å². The standard InChI is InChI=1S/C23H24FN3O3/c1-13(2)27(16-7-9-20(18(24)11-16)30-14(3)4)22-21(23(28)29-5)17-8-6-15(12-25)10-19(17)26-22/h6-11,13-14,26H,1-5H3. The number of rotatable bonds is 6. The molecule has 0 aliphatic rings. The van der Waals surface area contributed by atoms with Crippen LogP contribution >= 0.6 is 0 Å². The summed E-state index contributed by atoms with van der Waals surface area (Å²) in [7, 11) is 1.31. The highest BCUT2D eigenvalue weighted by Crippen LogP contribution is 2.37. The summed E-state index contributed by atoms with van der Waals surface area (Å²) in [6.45, 7) is 7.53. The van der Waals surface area contributed by atoms with Crippen LogP contribution in [-0.4, -0.2) is 30.2 Å². The van der Waals surface area contributed by atoms with E-state index in [9.17, 15) is 14.4 Å². The van der Waals surface area contributed by atoms with Gasteiger partial charge in [-0.2, -0.15) is 5.26 Å². The third kappa shape index (κ3) is 3.94. The number of H-pyrrole nitrogens is 1. The Balaban J connectivity index is 2.20. The molecule has 1 heterocycles. The number of hydrogen-bond acceptors (Lipinski definition) is 5. The number of hydrogen-bond donors (Lipinski definition) is 1. The maximum Gasteiger partial charge on any atom is 0.342 e. The van der Waals surface area contributed by atoms with Gasteiger partial charge in [-0.1, -0.05) is 6.07 Å². The number of nitrogens with one attached hydrogen (secondary N) is 1. The predicted molar refractivity (Wildman–Crippen MR) is 114 cm³/mol. The molecule has 156 valence electrons. The molecule has 0 aliphatic heterocycles. The first kappa shape index (κ1) is 21.2. The van der Waals surface area contributed by atoms with Crippen LogP contribution in [0.4, 0.5) is 15.9 Å². The first-order valence-electron chi connectivity index (χ1n) is 9.66. The van der Waals surface area contributed by atoms with Crippen molar-refractivity contribution in [1.82, 2.24) is 4.98 Å². The van der Waals surface area contributed by atoms with Crippen molar-refractivity contribution in [2.24, 2.45) is 0 Å². The summed E-state index contributed by atoms with van der Waals surface area (Å²) in [5.74, 6) is -0.374. The van der Waals surface area contributed by atoms with Crippen molar-refractivity contribution in [3.63, 3.8) is 0 Å². The lowest BCUT2D eigenvalue weighted by Gasteiger charge is -2.29. The van der Waals surface area contributed by atoms with Crippen molar-refractivity contribution >= 4 is 28.4 Å². The Morgan fingerprint density at radius 2 is 1.90 bits per heavy atom. The minimum absolute atomic E-state index is 0.117. The normalized spacial score (nSPS) is 11.0. The van der Waals surface area contributed by atoms with Gasteiger partial charge in [0.25, 0.3) is 0 Å². The molecular formula is C23H24FN3O3. The first-order chi connectivity index (χ1) is 14.3. The van der Waals surface area contributed by atoms with Gasteiger partial charge < -0.3 is 19.4 Å². The van der Waals surface area contributed by atoms with Crippen molar-refractivity contribution in [1.29, 1.82) is 5.26 Å². The lowest BCUT2D eigenvalue weighted by molar-refractivity contribution is 0.0604. The van der Waals surface area contributed by atoms with Gasteiger partial charge in [0.15, 0.2) is 11.6 Å². The molecule has 0 radical (unpaired) electrons. The molecule has 0 aliphatic carbocycles. The summed E-state index contributed by atoms with van der Waals surface area (Å²) in [5, 5.41) is 9.83. The Hall–Kier alpha value is -3.53. The van der Waals surface area contributed by atoms with Gasteiger partial charge >= 0.3 is 5.97 Å². The van der Waals surface area contributed by atoms with Crippen molar-refractivity contribution < 1.29 is 18.7 Å². The number of ether oxygens (including phenoxy) is 2. The van der Waals surface area contributed by atoms with Gasteiger partial charge in [-0.3, -0.25) is 0 Å². The van der Waals surface area contributed by atoms with E-state index in [1.54, 1.807) is 30.3 Å². The number of benzene rings is 2. The summed E-state index contributed by atoms with van der Waals surface area (Å²) in [6.07, 6.45) is -0.152. The van der Waals surface area contributed by atoms with Crippen LogP contribution in [0.2, 0.25) is 0 Å². The number of carbonyl (C=O) groups is 1. The fraction of sp³-hybridized carbons (Fsp3) is 0.304. The Bertz CT molecular complexity index is 1130. The smallest absolute Gasteiger partial charge is 0.342 e. The average Bonchev–Trinajstić information content (AvgIpc) is 3.06. The molecule has 6 nitrogen and oxygen atoms in total. The molecular weight excluding hydrogens is 385 g/mol. The number of anilines is 2. The van der Waals surface area contributed by atoms with E-state index in [0.29, 0.717) is 33.5 Å². The highest BCUT2D eigenvalue weighted by atomic mass is 19.1. The molecule has 0 bridgehead atoms. The van der Waals surface area contributed by atoms with Crippen molar-refractivity contribution in [3.8, 4) is 11.8 Å². The van der Waals surface area contributed by atoms with Crippen molar-refractivity contribution in [3.05, 3.63) is 53.3 Å². The maximum absolute atomic E-state index is 14.7. The van der Waals surface area contributed by atoms with E-state index in [0.717, 1.165) is 0 Å². The fourth-order valence-electron chi connectivity index (χ4n) is 3.42. The van der Waals surface area contributed by atoms with E-state index in [2.05, 4.69) is 11.1 Å². The molecule has 2 aromatic carbocycles. The van der Waals surface area contributed by atoms with E-state index >= 15 is 0 Å². The first-order valence-corrected chi connectivity index (χ1v) is 9.66. The van der Waals surface area contributed by atoms with Gasteiger partial charge in [-0.25, -0.2) is 9.18 Å². The zero-order chi connectivity index (χ0) is 22.0. The molecule has 0 spiro atoms. The van der Waals surface area contributed by atoms with Gasteiger partial charge in [0.2, 0.25) is 0 Å². The molecule has 7 heteroatoms. The maximum atomic E-state index is 14.7. The van der Waals surface area contributed by atoms with E-state index in [-0.39, 0.29) is 17.9 Å². The van der Waals surface area contributed by atoms with Gasteiger partial charge in [0.1, 0.15) is 11.4 Å². The van der Waals surface area contributed by atoms with Crippen molar-refractivity contribution in [2.45, 2.75) is 39.8 Å². The van der Waals surface area contributed by atoms with Gasteiger partial charge in [0, 0.05) is 28.7 Å². The van der Waals surface area contributed by atoms with Crippen LogP contribution in [-0.2, 0) is 4.74 Å². The molecule has 0 amide bonds. The minimum atomic E-state index is -0.521. The molecule has 30 heavy (non-hydrogen) atoms. The van der Waals surface area contributed by atoms with Gasteiger partial charge in [-0.15, -0.1) is 0 Å². The van der Waals surface area contributed by atoms with Crippen LogP contribution in [0.3, 0.4) is 0 Å². The Labute approximate surface area is 174 Å². The summed E-state index contributed by atoms with van der Waals surface area (Å²) < 4.78 is 25.2. The lowest BCUT2D eigenvalue weighted by atomic mass is 10.1. The third-order valence-electron chi connectivity index (χ3n) is 4.61. The van der Waals surface area contributed by atoms with E-state index in [4.69, 9.17) is 9.47 Å². The molecule has 0 saturated heterocycles. The van der Waals surface area contributed by atoms with Crippen LogP contribution in [0.25, 0.3) is 10.9 Å². The number of nitrogens with zero attached hydrogens (tertiary/aromatic N) is 2. The number of esters is 1. The Morgan fingerprint density at radius 3 is 2.47 bits per heavy atom. The second-order valence-corrected chi connectivity index (χ2v) is 7.46. The van der Waals surface area contributed by atoms with E-state index in [1.807, 2.05) is 32.6 Å². The largest absolute Gasteiger partial charge is 0.488 e. The van der Waals surface area contributed by atoms with Gasteiger partial charge in [0.05, 0.1) is 24.8 Å². The highest BCUT2D eigenvalue weighted by molar-refractivity contribution is 6.10. The summed E-state index contributed by atoms with van der Waals surface area (Å²) in [4.78, 5) is 17.7. The fourth-order valence-corrected chi connectivity index (χ4v) is 3.42. The minimum Gasteiger partial charge on any atom is -0.488 e. The molecule has 0 atom stereocenters. The number of halogens is 1. The third-order valence-corrected chi connectivity index (χ3v) is 4.61. The van der Waals surface area contributed by atoms with E-state index in [1.165, 1.54) is 13.2 Å². The van der Waals surface area contributed by atoms with Crippen molar-refractivity contribution in [2.75, 3.05) is 12.0 Å². The Kier molecular flexibility index (Phi) is 5.97. The second-order valence-electron chi connectivity index (χ2n) is 7.46. The number of aromatic nitrogens is 1. The van der Waals surface area contributed by atoms with Gasteiger partial charge in [-0.05, 0) is 52.0 Å². The SMILES string of the molecule is COC(=O)c1c(N(c2ccc(OC(C)C)c(F)c2)C(C)C)[nH]c2cc(C#N)ccc12. The molecule has 0 fully saturated rings. The zero-order valence-electron chi connectivity index (χ0n) is 17.6. The number of carbonyl (C=O) groups excluding carboxylic acids is 1. The van der Waals surface area contributed by atoms with Crippen LogP contribution in [0, 0.1) is 17.1 Å². The molecule has 1 aromatic heterocycles. The topological polar surface area (TPSA) is 78.3 Å². The molecule has 0 unspecified atom stereocenters. The quantitative estimate of drug-likeness (QED) is 0.559. The average molecular weight is 409 g/mol. The summed E-state index contributed by atoms with van der Waals surface area (Å²) in [6, 6.07) is 11.7. The van der Waals surface area contributed by atoms with Crippen LogP contribution in [0.15, 0.2) is 36.4 Å². The summed E-state index contributed by atoms with van der Waals surface area (Å²) >= 11 is 0. The Morgan fingerprint density at radius 1 is 1.17 bits per heavy atom. The number of fused-ring (bicyclic) bond motifs is 1. The molecule has 3 aromatic rings. The number of nitriles is 1. The number of aromatic amines is 1. The molecule has 3 rings (SSSR count). The highest BCUT2D eigenvalue weighted by Gasteiger charge is 2.26. The van der Waals surface area contributed by atoms with Crippen LogP contribution in [0.5, 0.6) is 5.75 Å². The molecule has 0 saturated carbocycles. The number of methoxy groups -OCH3 is 1. The molecule has 1 N–H and O–H groups in total.